The number of rotatable bonds is 4. The van der Waals surface area contributed by atoms with E-state index in [0.717, 1.165) is 17.9 Å². The second-order valence-electron chi connectivity index (χ2n) is 6.39. The van der Waals surface area contributed by atoms with E-state index in [4.69, 9.17) is 0 Å². The summed E-state index contributed by atoms with van der Waals surface area (Å²) in [4.78, 5) is 0. The van der Waals surface area contributed by atoms with E-state index in [-0.39, 0.29) is 0 Å². The summed E-state index contributed by atoms with van der Waals surface area (Å²) in [5.41, 5.74) is 0. The monoisotopic (exact) mass is 237 g/mol. The Hall–Kier alpha value is -0.0400. The molecule has 0 aliphatic heterocycles. The van der Waals surface area contributed by atoms with Crippen molar-refractivity contribution in [3.8, 4) is 0 Å². The Balaban J connectivity index is 1.61. The summed E-state index contributed by atoms with van der Waals surface area (Å²) in [5, 5.41) is 3.86. The largest absolute Gasteiger partial charge is 0.314 e. The zero-order valence-electron chi connectivity index (χ0n) is 11.7. The molecule has 0 amide bonds. The van der Waals surface area contributed by atoms with Crippen LogP contribution < -0.4 is 5.32 Å². The molecule has 2 aliphatic rings. The molecular weight excluding hydrogens is 206 g/mol. The summed E-state index contributed by atoms with van der Waals surface area (Å²) in [5.74, 6) is 2.02. The molecule has 0 radical (unpaired) electrons. The van der Waals surface area contributed by atoms with Crippen molar-refractivity contribution in [2.75, 3.05) is 6.54 Å². The Morgan fingerprint density at radius 2 is 1.41 bits per heavy atom. The maximum atomic E-state index is 3.86. The van der Waals surface area contributed by atoms with E-state index in [0.29, 0.717) is 0 Å². The first-order valence-corrected chi connectivity index (χ1v) is 8.12. The first-order valence-electron chi connectivity index (χ1n) is 8.12. The number of hydrogen-bond acceptors (Lipinski definition) is 1. The third-order valence-electron chi connectivity index (χ3n) is 5.09. The minimum Gasteiger partial charge on any atom is -0.314 e. The Kier molecular flexibility index (Phi) is 5.84. The van der Waals surface area contributed by atoms with Crippen LogP contribution in [0.5, 0.6) is 0 Å². The van der Waals surface area contributed by atoms with E-state index in [1.54, 1.807) is 0 Å². The summed E-state index contributed by atoms with van der Waals surface area (Å²) < 4.78 is 0. The van der Waals surface area contributed by atoms with Crippen molar-refractivity contribution in [2.45, 2.75) is 83.6 Å². The molecule has 0 aromatic heterocycles. The molecule has 2 rings (SSSR count). The average molecular weight is 237 g/mol. The molecule has 17 heavy (non-hydrogen) atoms. The lowest BCUT2D eigenvalue weighted by molar-refractivity contribution is 0.272. The highest BCUT2D eigenvalue weighted by Crippen LogP contribution is 2.27. The van der Waals surface area contributed by atoms with Crippen molar-refractivity contribution < 1.29 is 0 Å². The van der Waals surface area contributed by atoms with Gasteiger partial charge in [0.2, 0.25) is 0 Å². The van der Waals surface area contributed by atoms with Crippen molar-refractivity contribution in [1.82, 2.24) is 5.32 Å². The smallest absolute Gasteiger partial charge is 0.00673 e. The quantitative estimate of drug-likeness (QED) is 0.709. The molecule has 0 saturated heterocycles. The highest BCUT2D eigenvalue weighted by Gasteiger charge is 2.20. The van der Waals surface area contributed by atoms with Gasteiger partial charge in [-0.05, 0) is 56.9 Å². The van der Waals surface area contributed by atoms with Gasteiger partial charge in [-0.1, -0.05) is 39.0 Å². The highest BCUT2D eigenvalue weighted by molar-refractivity contribution is 4.78. The van der Waals surface area contributed by atoms with E-state index >= 15 is 0 Å². The molecular formula is C16H31N. The van der Waals surface area contributed by atoms with Crippen LogP contribution in [-0.2, 0) is 0 Å². The summed E-state index contributed by atoms with van der Waals surface area (Å²) in [6, 6.07) is 0.848. The van der Waals surface area contributed by atoms with Gasteiger partial charge in [-0.25, -0.2) is 0 Å². The predicted molar refractivity (Wildman–Crippen MR) is 75.2 cm³/mol. The normalized spacial score (nSPS) is 32.3. The molecule has 0 unspecified atom stereocenters. The van der Waals surface area contributed by atoms with Crippen LogP contribution >= 0.6 is 0 Å². The topological polar surface area (TPSA) is 12.0 Å². The van der Waals surface area contributed by atoms with Gasteiger partial charge in [0.15, 0.2) is 0 Å². The van der Waals surface area contributed by atoms with Crippen LogP contribution in [0.2, 0.25) is 0 Å². The van der Waals surface area contributed by atoms with E-state index in [1.165, 1.54) is 77.2 Å². The minimum atomic E-state index is 0.848. The minimum absolute atomic E-state index is 0.848. The van der Waals surface area contributed by atoms with Gasteiger partial charge in [0.05, 0.1) is 0 Å². The SMILES string of the molecule is CCC1CCC(NCC2CCCCCC2)CC1. The molecule has 1 N–H and O–H groups in total. The summed E-state index contributed by atoms with van der Waals surface area (Å²) in [6.45, 7) is 3.66. The lowest BCUT2D eigenvalue weighted by Crippen LogP contribution is -2.36. The van der Waals surface area contributed by atoms with Crippen molar-refractivity contribution in [3.63, 3.8) is 0 Å². The summed E-state index contributed by atoms with van der Waals surface area (Å²) in [6.07, 6.45) is 16.1. The second kappa shape index (κ2) is 7.41. The zero-order chi connectivity index (χ0) is 11.9. The Bertz CT molecular complexity index is 186. The molecule has 0 bridgehead atoms. The van der Waals surface area contributed by atoms with Gasteiger partial charge in [-0.3, -0.25) is 0 Å². The standard InChI is InChI=1S/C16H31N/c1-2-14-9-11-16(12-10-14)17-13-15-7-5-3-4-6-8-15/h14-17H,2-13H2,1H3. The fraction of sp³-hybridized carbons (Fsp3) is 1.00. The summed E-state index contributed by atoms with van der Waals surface area (Å²) in [7, 11) is 0. The van der Waals surface area contributed by atoms with E-state index in [1.807, 2.05) is 0 Å². The molecule has 0 spiro atoms. The van der Waals surface area contributed by atoms with Gasteiger partial charge in [-0.2, -0.15) is 0 Å². The molecule has 1 nitrogen and oxygen atoms in total. The zero-order valence-corrected chi connectivity index (χ0v) is 11.7. The van der Waals surface area contributed by atoms with Crippen molar-refractivity contribution in [2.24, 2.45) is 11.8 Å². The first kappa shape index (κ1) is 13.4. The summed E-state index contributed by atoms with van der Waals surface area (Å²) >= 11 is 0. The fourth-order valence-corrected chi connectivity index (χ4v) is 3.68. The molecule has 2 fully saturated rings. The third kappa shape index (κ3) is 4.62. The van der Waals surface area contributed by atoms with Gasteiger partial charge in [0.1, 0.15) is 0 Å². The van der Waals surface area contributed by atoms with E-state index < -0.39 is 0 Å². The molecule has 100 valence electrons. The molecule has 0 aromatic rings. The van der Waals surface area contributed by atoms with Crippen LogP contribution in [0.4, 0.5) is 0 Å². The third-order valence-corrected chi connectivity index (χ3v) is 5.09. The molecule has 0 aromatic carbocycles. The molecule has 1 heteroatoms. The number of nitrogens with one attached hydrogen (secondary N) is 1. The Morgan fingerprint density at radius 1 is 0.765 bits per heavy atom. The highest BCUT2D eigenvalue weighted by atomic mass is 14.9. The van der Waals surface area contributed by atoms with E-state index in [9.17, 15) is 0 Å². The molecule has 2 saturated carbocycles. The van der Waals surface area contributed by atoms with Gasteiger partial charge >= 0.3 is 0 Å². The number of hydrogen-bond donors (Lipinski definition) is 1. The molecule has 0 atom stereocenters. The van der Waals surface area contributed by atoms with Crippen molar-refractivity contribution in [3.05, 3.63) is 0 Å². The van der Waals surface area contributed by atoms with Crippen LogP contribution in [0.1, 0.15) is 77.6 Å². The molecule has 0 heterocycles. The average Bonchev–Trinajstić information content (AvgIpc) is 2.65. The van der Waals surface area contributed by atoms with Crippen LogP contribution in [0.15, 0.2) is 0 Å². The fourth-order valence-electron chi connectivity index (χ4n) is 3.68. The van der Waals surface area contributed by atoms with Crippen LogP contribution in [-0.4, -0.2) is 12.6 Å². The Labute approximate surface area is 108 Å². The van der Waals surface area contributed by atoms with Crippen LogP contribution in [0.3, 0.4) is 0 Å². The maximum Gasteiger partial charge on any atom is 0.00673 e. The Morgan fingerprint density at radius 3 is 2.00 bits per heavy atom. The van der Waals surface area contributed by atoms with Crippen LogP contribution in [0, 0.1) is 11.8 Å². The van der Waals surface area contributed by atoms with Crippen LogP contribution in [0.25, 0.3) is 0 Å². The van der Waals surface area contributed by atoms with Crippen molar-refractivity contribution >= 4 is 0 Å². The van der Waals surface area contributed by atoms with Gasteiger partial charge < -0.3 is 5.32 Å². The van der Waals surface area contributed by atoms with Gasteiger partial charge in [-0.15, -0.1) is 0 Å². The lowest BCUT2D eigenvalue weighted by Gasteiger charge is -2.29. The van der Waals surface area contributed by atoms with Gasteiger partial charge in [0, 0.05) is 6.04 Å². The second-order valence-corrected chi connectivity index (χ2v) is 6.39. The maximum absolute atomic E-state index is 3.86. The van der Waals surface area contributed by atoms with Crippen molar-refractivity contribution in [1.29, 1.82) is 0 Å². The van der Waals surface area contributed by atoms with Gasteiger partial charge in [0.25, 0.3) is 0 Å². The molecule has 2 aliphatic carbocycles. The predicted octanol–water partition coefficient (Wildman–Crippen LogP) is 4.52. The lowest BCUT2D eigenvalue weighted by atomic mass is 9.84. The first-order chi connectivity index (χ1) is 8.38. The van der Waals surface area contributed by atoms with E-state index in [2.05, 4.69) is 12.2 Å².